The zero-order chi connectivity index (χ0) is 8.89. The molecule has 4 fully saturated rings. The van der Waals surface area contributed by atoms with E-state index in [1.807, 2.05) is 11.8 Å². The molecule has 0 aromatic rings. The van der Waals surface area contributed by atoms with Crippen LogP contribution in [0.2, 0.25) is 0 Å². The molecule has 1 spiro atoms. The summed E-state index contributed by atoms with van der Waals surface area (Å²) in [6, 6.07) is 0. The third-order valence-corrected chi connectivity index (χ3v) is 4.91. The number of hydrogen-bond donors (Lipinski definition) is 0. The van der Waals surface area contributed by atoms with E-state index in [1.165, 1.54) is 38.1 Å². The minimum atomic E-state index is 0. The molecule has 4 heteroatoms. The van der Waals surface area contributed by atoms with Crippen LogP contribution in [0.15, 0.2) is 0 Å². The Morgan fingerprint density at radius 1 is 1.36 bits per heavy atom. The molecule has 2 nitrogen and oxygen atoms in total. The molecule has 14 heavy (non-hydrogen) atoms. The van der Waals surface area contributed by atoms with Crippen LogP contribution in [0.25, 0.3) is 0 Å². The Morgan fingerprint density at radius 3 is 2.50 bits per heavy atom. The van der Waals surface area contributed by atoms with Gasteiger partial charge < -0.3 is 4.74 Å². The van der Waals surface area contributed by atoms with E-state index < -0.39 is 0 Å². The van der Waals surface area contributed by atoms with Crippen LogP contribution in [-0.2, 0) is 4.74 Å². The summed E-state index contributed by atoms with van der Waals surface area (Å²) in [6.07, 6.45) is 4.11. The van der Waals surface area contributed by atoms with Crippen LogP contribution in [-0.4, -0.2) is 34.9 Å². The lowest BCUT2D eigenvalue weighted by atomic mass is 9.81. The zero-order valence-electron chi connectivity index (χ0n) is 8.57. The highest BCUT2D eigenvalue weighted by atomic mass is 35.5. The average molecular weight is 236 g/mol. The first-order valence-corrected chi connectivity index (χ1v) is 6.38. The first-order chi connectivity index (χ1) is 6.28. The van der Waals surface area contributed by atoms with Gasteiger partial charge in [-0.1, -0.05) is 0 Å². The first kappa shape index (κ1) is 11.1. The van der Waals surface area contributed by atoms with Crippen molar-refractivity contribution in [3.63, 3.8) is 0 Å². The lowest BCUT2D eigenvalue weighted by molar-refractivity contribution is -0.187. The lowest BCUT2D eigenvalue weighted by Gasteiger charge is -2.51. The summed E-state index contributed by atoms with van der Waals surface area (Å²) in [7, 11) is 0. The van der Waals surface area contributed by atoms with E-state index in [1.54, 1.807) is 0 Å². The van der Waals surface area contributed by atoms with Gasteiger partial charge in [0.05, 0.1) is 0 Å². The van der Waals surface area contributed by atoms with Crippen molar-refractivity contribution in [3.05, 3.63) is 0 Å². The van der Waals surface area contributed by atoms with Crippen LogP contribution < -0.4 is 0 Å². The van der Waals surface area contributed by atoms with Gasteiger partial charge in [0.2, 0.25) is 0 Å². The van der Waals surface area contributed by atoms with Crippen molar-refractivity contribution in [1.29, 1.82) is 0 Å². The van der Waals surface area contributed by atoms with Crippen molar-refractivity contribution in [1.82, 2.24) is 4.90 Å². The Labute approximate surface area is 96.2 Å². The molecule has 82 valence electrons. The van der Waals surface area contributed by atoms with Crippen LogP contribution in [0.5, 0.6) is 0 Å². The summed E-state index contributed by atoms with van der Waals surface area (Å²) in [5, 5.41) is 0. The Hall–Kier alpha value is 0.560. The second kappa shape index (κ2) is 3.85. The summed E-state index contributed by atoms with van der Waals surface area (Å²) >= 11 is 1.98. The molecule has 0 amide bonds. The van der Waals surface area contributed by atoms with Crippen molar-refractivity contribution in [2.45, 2.75) is 37.3 Å². The number of nitrogens with zero attached hydrogens (tertiary/aromatic N) is 1. The van der Waals surface area contributed by atoms with Crippen molar-refractivity contribution in [3.8, 4) is 0 Å². The molecule has 0 radical (unpaired) electrons. The molecule has 2 bridgehead atoms. The Kier molecular flexibility index (Phi) is 3.04. The van der Waals surface area contributed by atoms with Gasteiger partial charge in [0.1, 0.15) is 11.2 Å². The second-order valence-corrected chi connectivity index (χ2v) is 5.86. The number of halogens is 1. The van der Waals surface area contributed by atoms with Crippen molar-refractivity contribution in [2.24, 2.45) is 5.92 Å². The predicted molar refractivity (Wildman–Crippen MR) is 61.9 cm³/mol. The maximum atomic E-state index is 6.11. The van der Waals surface area contributed by atoms with Gasteiger partial charge in [-0.15, -0.1) is 24.2 Å². The molecule has 4 heterocycles. The monoisotopic (exact) mass is 235 g/mol. The first-order valence-electron chi connectivity index (χ1n) is 5.33. The summed E-state index contributed by atoms with van der Waals surface area (Å²) in [4.78, 5) is 2.59. The Bertz CT molecular complexity index is 220. The molecule has 0 aromatic heterocycles. The van der Waals surface area contributed by atoms with Gasteiger partial charge in [-0.2, -0.15) is 0 Å². The fourth-order valence-corrected chi connectivity index (χ4v) is 4.13. The second-order valence-electron chi connectivity index (χ2n) is 4.58. The fraction of sp³-hybridized carbons (Fsp3) is 1.00. The predicted octanol–water partition coefficient (Wildman–Crippen LogP) is 2.33. The van der Waals surface area contributed by atoms with Crippen molar-refractivity contribution < 1.29 is 4.74 Å². The molecule has 4 aliphatic heterocycles. The molecule has 4 rings (SSSR count). The van der Waals surface area contributed by atoms with E-state index in [-0.39, 0.29) is 18.1 Å². The summed E-state index contributed by atoms with van der Waals surface area (Å²) in [5.74, 6) is 2.15. The largest absolute Gasteiger partial charge is 0.346 e. The molecule has 2 unspecified atom stereocenters. The summed E-state index contributed by atoms with van der Waals surface area (Å²) in [6.45, 7) is 4.73. The number of hydrogen-bond acceptors (Lipinski definition) is 3. The number of fused-ring (bicyclic) bond motifs is 2. The molecular formula is C10H18ClNOS. The highest BCUT2D eigenvalue weighted by Crippen LogP contribution is 2.47. The molecule has 4 saturated heterocycles. The van der Waals surface area contributed by atoms with Gasteiger partial charge in [-0.05, 0) is 32.1 Å². The molecule has 0 aliphatic carbocycles. The third-order valence-electron chi connectivity index (χ3n) is 3.73. The smallest absolute Gasteiger partial charge is 0.132 e. The van der Waals surface area contributed by atoms with Crippen molar-refractivity contribution in [2.75, 3.05) is 18.8 Å². The number of piperidine rings is 3. The van der Waals surface area contributed by atoms with Crippen LogP contribution >= 0.6 is 24.2 Å². The van der Waals surface area contributed by atoms with Gasteiger partial charge >= 0.3 is 0 Å². The van der Waals surface area contributed by atoms with Crippen LogP contribution in [0.1, 0.15) is 26.2 Å². The highest BCUT2D eigenvalue weighted by Gasteiger charge is 2.50. The molecule has 0 N–H and O–H groups in total. The minimum Gasteiger partial charge on any atom is -0.346 e. The average Bonchev–Trinajstić information content (AvgIpc) is 2.49. The fourth-order valence-electron chi connectivity index (χ4n) is 3.02. The summed E-state index contributed by atoms with van der Waals surface area (Å²) < 4.78 is 6.11. The zero-order valence-corrected chi connectivity index (χ0v) is 10.2. The highest BCUT2D eigenvalue weighted by molar-refractivity contribution is 8.00. The van der Waals surface area contributed by atoms with Gasteiger partial charge in [-0.25, -0.2) is 0 Å². The molecule has 0 saturated carbocycles. The maximum absolute atomic E-state index is 6.11. The Balaban J connectivity index is 0.000000750. The van der Waals surface area contributed by atoms with E-state index in [0.29, 0.717) is 5.44 Å². The summed E-state index contributed by atoms with van der Waals surface area (Å²) in [5.41, 5.74) is 0.574. The molecular weight excluding hydrogens is 218 g/mol. The minimum absolute atomic E-state index is 0. The van der Waals surface area contributed by atoms with Crippen molar-refractivity contribution >= 4 is 24.2 Å². The normalized spacial score (nSPS) is 50.8. The van der Waals surface area contributed by atoms with Crippen LogP contribution in [0.4, 0.5) is 0 Å². The van der Waals surface area contributed by atoms with E-state index in [0.717, 1.165) is 5.92 Å². The van der Waals surface area contributed by atoms with Gasteiger partial charge in [0.25, 0.3) is 0 Å². The van der Waals surface area contributed by atoms with Gasteiger partial charge in [0.15, 0.2) is 0 Å². The standard InChI is InChI=1S/C10H17NOS.ClH/c1-8-12-10(7-13-8)6-9-2-4-11(10)5-3-9;/h8-9H,2-7H2,1H3;1H. The van der Waals surface area contributed by atoms with Gasteiger partial charge in [0, 0.05) is 18.8 Å². The third kappa shape index (κ3) is 1.58. The topological polar surface area (TPSA) is 12.5 Å². The van der Waals surface area contributed by atoms with Crippen LogP contribution in [0, 0.1) is 5.92 Å². The van der Waals surface area contributed by atoms with E-state index >= 15 is 0 Å². The van der Waals surface area contributed by atoms with Gasteiger partial charge in [-0.3, -0.25) is 4.90 Å². The lowest BCUT2D eigenvalue weighted by Crippen LogP contribution is -2.59. The van der Waals surface area contributed by atoms with Crippen LogP contribution in [0.3, 0.4) is 0 Å². The SMILES string of the molecule is CC1OC2(CS1)CC1CCN2CC1.Cl. The maximum Gasteiger partial charge on any atom is 0.132 e. The Morgan fingerprint density at radius 2 is 2.07 bits per heavy atom. The number of rotatable bonds is 0. The quantitative estimate of drug-likeness (QED) is 0.640. The van der Waals surface area contributed by atoms with E-state index in [2.05, 4.69) is 11.8 Å². The number of ether oxygens (including phenoxy) is 1. The van der Waals surface area contributed by atoms with E-state index in [4.69, 9.17) is 4.74 Å². The number of thioether (sulfide) groups is 1. The molecule has 0 aromatic carbocycles. The van der Waals surface area contributed by atoms with E-state index in [9.17, 15) is 0 Å². The molecule has 4 aliphatic rings. The molecule has 2 atom stereocenters.